The number of hydrogen-bond acceptors (Lipinski definition) is 4. The monoisotopic (exact) mass is 794 g/mol. The molecule has 0 saturated carbocycles. The zero-order chi connectivity index (χ0) is 32.4. The van der Waals surface area contributed by atoms with Crippen molar-refractivity contribution in [2.75, 3.05) is 0 Å². The first kappa shape index (κ1) is 33.9. The topological polar surface area (TPSA) is 51.8 Å². The fourth-order valence-electron chi connectivity index (χ4n) is 5.67. The van der Waals surface area contributed by atoms with Crippen molar-refractivity contribution < 1.29 is 24.5 Å². The minimum absolute atomic E-state index is 0. The van der Waals surface area contributed by atoms with Crippen molar-refractivity contribution in [3.63, 3.8) is 0 Å². The van der Waals surface area contributed by atoms with E-state index in [1.807, 2.05) is 43.5 Å². The quantitative estimate of drug-likeness (QED) is 0.167. The van der Waals surface area contributed by atoms with Gasteiger partial charge in [-0.2, -0.15) is 0 Å². The summed E-state index contributed by atoms with van der Waals surface area (Å²) in [6, 6.07) is 33.9. The van der Waals surface area contributed by atoms with Crippen molar-refractivity contribution >= 4 is 21.9 Å². The van der Waals surface area contributed by atoms with E-state index in [0.717, 1.165) is 56.6 Å². The number of aromatic nitrogens is 3. The van der Waals surface area contributed by atoms with E-state index >= 15 is 0 Å². The van der Waals surface area contributed by atoms with Gasteiger partial charge in [-0.3, -0.25) is 0 Å². The van der Waals surface area contributed by atoms with Crippen molar-refractivity contribution in [3.8, 4) is 33.6 Å². The molecule has 0 aliphatic rings. The Labute approximate surface area is 291 Å². The van der Waals surface area contributed by atoms with Gasteiger partial charge in [0.2, 0.25) is 0 Å². The van der Waals surface area contributed by atoms with Crippen molar-refractivity contribution in [1.29, 1.82) is 0 Å². The minimum atomic E-state index is 0. The normalized spacial score (nSPS) is 11.2. The van der Waals surface area contributed by atoms with E-state index in [9.17, 15) is 0 Å². The molecule has 0 aliphatic heterocycles. The molecule has 0 aliphatic carbocycles. The number of furan rings is 1. The number of para-hydroxylation sites is 1. The summed E-state index contributed by atoms with van der Waals surface area (Å²) >= 11 is 0. The summed E-state index contributed by atoms with van der Waals surface area (Å²) in [4.78, 5) is 13.4. The fourth-order valence-corrected chi connectivity index (χ4v) is 5.67. The SMILES string of the molecule is Cc1cnc(-c2[c-]cc(C)c(-c3ccc(CC(C)(C)C)cc3)c2)cc1C.Cc1ncc[c-]c1-c1cc2c(cn1)oc1ccccc12.[Ir]. The van der Waals surface area contributed by atoms with Crippen molar-refractivity contribution in [2.24, 2.45) is 5.41 Å². The second kappa shape index (κ2) is 14.1. The van der Waals surface area contributed by atoms with Crippen LogP contribution in [0.4, 0.5) is 0 Å². The second-order valence-electron chi connectivity index (χ2n) is 13.2. The van der Waals surface area contributed by atoms with E-state index in [-0.39, 0.29) is 20.1 Å². The maximum atomic E-state index is 5.79. The molecule has 47 heavy (non-hydrogen) atoms. The zero-order valence-electron chi connectivity index (χ0n) is 28.0. The molecule has 0 amide bonds. The molecular weight excluding hydrogens is 755 g/mol. The third-order valence-electron chi connectivity index (χ3n) is 8.26. The molecule has 0 N–H and O–H groups in total. The first-order valence-electron chi connectivity index (χ1n) is 15.7. The molecule has 4 aromatic heterocycles. The maximum Gasteiger partial charge on any atom is 0.151 e. The predicted molar refractivity (Wildman–Crippen MR) is 190 cm³/mol. The van der Waals surface area contributed by atoms with E-state index < -0.39 is 0 Å². The minimum Gasteiger partial charge on any atom is -0.455 e. The number of pyridine rings is 3. The Morgan fingerprint density at radius 1 is 0.702 bits per heavy atom. The smallest absolute Gasteiger partial charge is 0.151 e. The summed E-state index contributed by atoms with van der Waals surface area (Å²) < 4.78 is 5.79. The molecule has 1 radical (unpaired) electrons. The molecule has 0 fully saturated rings. The Kier molecular flexibility index (Phi) is 10.2. The average Bonchev–Trinajstić information content (AvgIpc) is 3.41. The molecule has 0 saturated heterocycles. The van der Waals surface area contributed by atoms with Gasteiger partial charge in [0, 0.05) is 37.1 Å². The molecule has 239 valence electrons. The zero-order valence-corrected chi connectivity index (χ0v) is 30.4. The van der Waals surface area contributed by atoms with Crippen LogP contribution < -0.4 is 0 Å². The van der Waals surface area contributed by atoms with Crippen LogP contribution in [-0.4, -0.2) is 15.0 Å². The van der Waals surface area contributed by atoms with Gasteiger partial charge >= 0.3 is 0 Å². The van der Waals surface area contributed by atoms with Crippen LogP contribution in [0.15, 0.2) is 102 Å². The molecule has 0 bridgehead atoms. The van der Waals surface area contributed by atoms with Crippen LogP contribution in [0.3, 0.4) is 0 Å². The summed E-state index contributed by atoms with van der Waals surface area (Å²) in [5.41, 5.74) is 14.4. The van der Waals surface area contributed by atoms with E-state index in [4.69, 9.17) is 4.42 Å². The van der Waals surface area contributed by atoms with Gasteiger partial charge in [0.05, 0.1) is 6.20 Å². The van der Waals surface area contributed by atoms with E-state index in [0.29, 0.717) is 5.41 Å². The fraction of sp³-hybridized carbons (Fsp3) is 0.214. The largest absolute Gasteiger partial charge is 0.455 e. The molecule has 7 aromatic rings. The number of benzene rings is 3. The van der Waals surface area contributed by atoms with Crippen LogP contribution in [0.2, 0.25) is 0 Å². The van der Waals surface area contributed by atoms with Gasteiger partial charge in [0.25, 0.3) is 0 Å². The van der Waals surface area contributed by atoms with Gasteiger partial charge in [-0.15, -0.1) is 47.0 Å². The number of nitrogens with zero attached hydrogens (tertiary/aromatic N) is 3. The molecular formula is C42H39IrN3O-2. The molecule has 5 heteroatoms. The second-order valence-corrected chi connectivity index (χ2v) is 13.2. The number of aryl methyl sites for hydroxylation is 4. The van der Waals surface area contributed by atoms with Crippen LogP contribution >= 0.6 is 0 Å². The van der Waals surface area contributed by atoms with Gasteiger partial charge in [-0.05, 0) is 65.5 Å². The molecule has 7 rings (SSSR count). The predicted octanol–water partition coefficient (Wildman–Crippen LogP) is 10.9. The van der Waals surface area contributed by atoms with E-state index in [1.165, 1.54) is 33.4 Å². The molecule has 0 spiro atoms. The third kappa shape index (κ3) is 7.76. The number of hydrogen-bond donors (Lipinski definition) is 0. The Morgan fingerprint density at radius 3 is 2.17 bits per heavy atom. The van der Waals surface area contributed by atoms with Gasteiger partial charge in [0.1, 0.15) is 5.58 Å². The first-order chi connectivity index (χ1) is 22.1. The van der Waals surface area contributed by atoms with Gasteiger partial charge in [-0.25, -0.2) is 0 Å². The van der Waals surface area contributed by atoms with Crippen LogP contribution in [-0.2, 0) is 26.5 Å². The van der Waals surface area contributed by atoms with Gasteiger partial charge in [-0.1, -0.05) is 107 Å². The van der Waals surface area contributed by atoms with Crippen molar-refractivity contribution in [3.05, 3.63) is 138 Å². The Hall–Kier alpha value is -4.44. The molecule has 4 nitrogen and oxygen atoms in total. The standard InChI is InChI=1S/C25H28N.C17H11N2O.Ir/c1-17-7-10-22(24-13-18(2)19(3)16-26-24)14-23(17)21-11-8-20(9-12-21)15-25(4,5)6;1-11-12(6-4-8-18-11)15-9-14-13-5-2-3-7-16(13)20-17(14)10-19-15;/h7-9,11-14,16H,15H2,1-6H3;2-5,7-10H,1H3;/q2*-1;. The number of fused-ring (bicyclic) bond motifs is 3. The third-order valence-corrected chi connectivity index (χ3v) is 8.26. The summed E-state index contributed by atoms with van der Waals surface area (Å²) in [7, 11) is 0. The van der Waals surface area contributed by atoms with Crippen molar-refractivity contribution in [2.45, 2.75) is 54.9 Å². The summed E-state index contributed by atoms with van der Waals surface area (Å²) in [5, 5.41) is 2.18. The van der Waals surface area contributed by atoms with Crippen LogP contribution in [0.25, 0.3) is 55.6 Å². The summed E-state index contributed by atoms with van der Waals surface area (Å²) in [6.07, 6.45) is 6.54. The molecule has 0 unspecified atom stereocenters. The molecule has 0 atom stereocenters. The number of rotatable bonds is 4. The Balaban J connectivity index is 0.000000186. The molecule has 3 aromatic carbocycles. The summed E-state index contributed by atoms with van der Waals surface area (Å²) in [6.45, 7) is 15.2. The van der Waals surface area contributed by atoms with Crippen LogP contribution in [0.5, 0.6) is 0 Å². The van der Waals surface area contributed by atoms with Crippen LogP contribution in [0.1, 0.15) is 48.7 Å². The average molecular weight is 794 g/mol. The maximum absolute atomic E-state index is 5.79. The summed E-state index contributed by atoms with van der Waals surface area (Å²) in [5.74, 6) is 0. The van der Waals surface area contributed by atoms with Gasteiger partial charge in [0.15, 0.2) is 5.58 Å². The Morgan fingerprint density at radius 2 is 1.45 bits per heavy atom. The van der Waals surface area contributed by atoms with Crippen molar-refractivity contribution in [1.82, 2.24) is 15.0 Å². The molecule has 4 heterocycles. The van der Waals surface area contributed by atoms with E-state index in [1.54, 1.807) is 12.4 Å². The van der Waals surface area contributed by atoms with Crippen LogP contribution in [0, 0.1) is 45.2 Å². The Bertz CT molecular complexity index is 2160. The van der Waals surface area contributed by atoms with Gasteiger partial charge < -0.3 is 19.4 Å². The first-order valence-corrected chi connectivity index (χ1v) is 15.7. The van der Waals surface area contributed by atoms with E-state index in [2.05, 4.69) is 117 Å².